The summed E-state index contributed by atoms with van der Waals surface area (Å²) in [5.74, 6) is -0.400. The molecule has 1 fully saturated rings. The van der Waals surface area contributed by atoms with Crippen LogP contribution in [0.25, 0.3) is 0 Å². The first-order valence-electron chi connectivity index (χ1n) is 7.43. The molecule has 0 aliphatic carbocycles. The summed E-state index contributed by atoms with van der Waals surface area (Å²) in [5, 5.41) is 3.40. The van der Waals surface area contributed by atoms with Gasteiger partial charge in [0.15, 0.2) is 0 Å². The molecule has 0 radical (unpaired) electrons. The van der Waals surface area contributed by atoms with Gasteiger partial charge >= 0.3 is 0 Å². The van der Waals surface area contributed by atoms with Crippen LogP contribution >= 0.6 is 0 Å². The second-order valence-electron chi connectivity index (χ2n) is 5.75. The van der Waals surface area contributed by atoms with E-state index in [1.807, 2.05) is 18.2 Å². The lowest BCUT2D eigenvalue weighted by Crippen LogP contribution is -2.36. The number of hydrogen-bond acceptors (Lipinski definition) is 1. The van der Waals surface area contributed by atoms with Gasteiger partial charge in [-0.15, -0.1) is 0 Å². The average molecular weight is 287 g/mol. The van der Waals surface area contributed by atoms with Crippen molar-refractivity contribution in [1.29, 1.82) is 0 Å². The molecular formula is C18H19F2N. The first kappa shape index (κ1) is 14.2. The van der Waals surface area contributed by atoms with Gasteiger partial charge in [0.05, 0.1) is 0 Å². The Morgan fingerprint density at radius 2 is 1.71 bits per heavy atom. The Morgan fingerprint density at radius 1 is 1.00 bits per heavy atom. The summed E-state index contributed by atoms with van der Waals surface area (Å²) in [6, 6.07) is 14.2. The Labute approximate surface area is 124 Å². The molecule has 21 heavy (non-hydrogen) atoms. The first-order chi connectivity index (χ1) is 10.2. The minimum absolute atomic E-state index is 0.205. The van der Waals surface area contributed by atoms with Crippen molar-refractivity contribution >= 4 is 0 Å². The van der Waals surface area contributed by atoms with Gasteiger partial charge in [0.2, 0.25) is 0 Å². The van der Waals surface area contributed by atoms with Crippen molar-refractivity contribution in [1.82, 2.24) is 5.32 Å². The van der Waals surface area contributed by atoms with E-state index in [0.29, 0.717) is 5.92 Å². The fourth-order valence-corrected chi connectivity index (χ4v) is 3.28. The Kier molecular flexibility index (Phi) is 4.30. The number of halogens is 2. The SMILES string of the molecule is Fc1cc(F)cc(C2CCNCC2Cc2ccccc2)c1. The van der Waals surface area contributed by atoms with Gasteiger partial charge in [-0.05, 0) is 61.0 Å². The molecule has 1 nitrogen and oxygen atoms in total. The zero-order chi connectivity index (χ0) is 14.7. The van der Waals surface area contributed by atoms with E-state index in [0.717, 1.165) is 37.6 Å². The van der Waals surface area contributed by atoms with Crippen LogP contribution in [0.4, 0.5) is 8.78 Å². The van der Waals surface area contributed by atoms with E-state index < -0.39 is 11.6 Å². The zero-order valence-corrected chi connectivity index (χ0v) is 11.9. The minimum Gasteiger partial charge on any atom is -0.316 e. The predicted molar refractivity (Wildman–Crippen MR) is 80.2 cm³/mol. The third-order valence-corrected chi connectivity index (χ3v) is 4.26. The second kappa shape index (κ2) is 6.35. The highest BCUT2D eigenvalue weighted by molar-refractivity contribution is 5.25. The minimum atomic E-state index is -0.484. The van der Waals surface area contributed by atoms with Crippen molar-refractivity contribution in [3.05, 3.63) is 71.3 Å². The van der Waals surface area contributed by atoms with Gasteiger partial charge in [0, 0.05) is 6.07 Å². The maximum Gasteiger partial charge on any atom is 0.126 e. The van der Waals surface area contributed by atoms with Crippen LogP contribution in [0.5, 0.6) is 0 Å². The summed E-state index contributed by atoms with van der Waals surface area (Å²) < 4.78 is 27.0. The molecule has 0 amide bonds. The Balaban J connectivity index is 1.84. The fraction of sp³-hybridized carbons (Fsp3) is 0.333. The van der Waals surface area contributed by atoms with Crippen LogP contribution in [0, 0.1) is 17.6 Å². The van der Waals surface area contributed by atoms with Gasteiger partial charge in [-0.25, -0.2) is 8.78 Å². The summed E-state index contributed by atoms with van der Waals surface area (Å²) >= 11 is 0. The maximum atomic E-state index is 13.5. The van der Waals surface area contributed by atoms with Gasteiger partial charge in [-0.2, -0.15) is 0 Å². The molecule has 1 heterocycles. The van der Waals surface area contributed by atoms with E-state index in [1.165, 1.54) is 17.7 Å². The smallest absolute Gasteiger partial charge is 0.126 e. The highest BCUT2D eigenvalue weighted by Gasteiger charge is 2.27. The average Bonchev–Trinajstić information content (AvgIpc) is 2.48. The standard InChI is InChI=1S/C18H19F2N/c19-16-9-14(10-17(20)11-16)18-6-7-21-12-15(18)8-13-4-2-1-3-5-13/h1-5,9-11,15,18,21H,6-8,12H2. The molecule has 2 unspecified atom stereocenters. The van der Waals surface area contributed by atoms with E-state index in [9.17, 15) is 8.78 Å². The zero-order valence-electron chi connectivity index (χ0n) is 11.9. The molecule has 3 heteroatoms. The number of benzene rings is 2. The van der Waals surface area contributed by atoms with Crippen molar-refractivity contribution in [2.45, 2.75) is 18.8 Å². The van der Waals surface area contributed by atoms with Crippen LogP contribution in [0.15, 0.2) is 48.5 Å². The molecule has 0 saturated carbocycles. The number of piperidine rings is 1. The molecule has 3 rings (SSSR count). The molecule has 0 aromatic heterocycles. The number of rotatable bonds is 3. The molecule has 110 valence electrons. The lowest BCUT2D eigenvalue weighted by atomic mass is 9.78. The fourth-order valence-electron chi connectivity index (χ4n) is 3.28. The van der Waals surface area contributed by atoms with Crippen molar-refractivity contribution < 1.29 is 8.78 Å². The summed E-state index contributed by atoms with van der Waals surface area (Å²) in [5.41, 5.74) is 2.06. The molecule has 0 bridgehead atoms. The van der Waals surface area contributed by atoms with Gasteiger partial charge in [-0.3, -0.25) is 0 Å². The van der Waals surface area contributed by atoms with Crippen LogP contribution in [0.2, 0.25) is 0 Å². The molecule has 2 atom stereocenters. The molecule has 1 aliphatic heterocycles. The number of hydrogen-bond donors (Lipinski definition) is 1. The topological polar surface area (TPSA) is 12.0 Å². The highest BCUT2D eigenvalue weighted by Crippen LogP contribution is 2.33. The Hall–Kier alpha value is -1.74. The van der Waals surface area contributed by atoms with Gasteiger partial charge < -0.3 is 5.32 Å². The van der Waals surface area contributed by atoms with Crippen LogP contribution < -0.4 is 5.32 Å². The molecule has 2 aromatic rings. The Bertz CT molecular complexity index is 577. The summed E-state index contributed by atoms with van der Waals surface area (Å²) in [6.07, 6.45) is 1.84. The highest BCUT2D eigenvalue weighted by atomic mass is 19.1. The molecule has 1 saturated heterocycles. The second-order valence-corrected chi connectivity index (χ2v) is 5.75. The van der Waals surface area contributed by atoms with E-state index in [2.05, 4.69) is 17.4 Å². The monoisotopic (exact) mass is 287 g/mol. The molecule has 2 aromatic carbocycles. The van der Waals surface area contributed by atoms with Crippen molar-refractivity contribution in [2.75, 3.05) is 13.1 Å². The predicted octanol–water partition coefficient (Wildman–Crippen LogP) is 3.90. The summed E-state index contributed by atoms with van der Waals surface area (Å²) in [6.45, 7) is 1.78. The third kappa shape index (κ3) is 3.48. The van der Waals surface area contributed by atoms with Crippen LogP contribution in [-0.4, -0.2) is 13.1 Å². The third-order valence-electron chi connectivity index (χ3n) is 4.26. The lowest BCUT2D eigenvalue weighted by Gasteiger charge is -2.33. The molecule has 1 N–H and O–H groups in total. The van der Waals surface area contributed by atoms with Crippen molar-refractivity contribution in [2.24, 2.45) is 5.92 Å². The van der Waals surface area contributed by atoms with Gasteiger partial charge in [-0.1, -0.05) is 30.3 Å². The van der Waals surface area contributed by atoms with Crippen LogP contribution in [0.1, 0.15) is 23.5 Å². The van der Waals surface area contributed by atoms with Crippen molar-refractivity contribution in [3.63, 3.8) is 0 Å². The van der Waals surface area contributed by atoms with Gasteiger partial charge in [0.1, 0.15) is 11.6 Å². The Morgan fingerprint density at radius 3 is 2.43 bits per heavy atom. The normalized spacial score (nSPS) is 22.2. The summed E-state index contributed by atoms with van der Waals surface area (Å²) in [4.78, 5) is 0. The first-order valence-corrected chi connectivity index (χ1v) is 7.43. The molecular weight excluding hydrogens is 268 g/mol. The number of nitrogens with one attached hydrogen (secondary N) is 1. The van der Waals surface area contributed by atoms with E-state index >= 15 is 0 Å². The van der Waals surface area contributed by atoms with E-state index in [4.69, 9.17) is 0 Å². The van der Waals surface area contributed by atoms with Crippen LogP contribution in [0.3, 0.4) is 0 Å². The van der Waals surface area contributed by atoms with Crippen molar-refractivity contribution in [3.8, 4) is 0 Å². The lowest BCUT2D eigenvalue weighted by molar-refractivity contribution is 0.322. The van der Waals surface area contributed by atoms with E-state index in [1.54, 1.807) is 0 Å². The van der Waals surface area contributed by atoms with Crippen LogP contribution in [-0.2, 0) is 6.42 Å². The van der Waals surface area contributed by atoms with E-state index in [-0.39, 0.29) is 5.92 Å². The summed E-state index contributed by atoms with van der Waals surface area (Å²) in [7, 11) is 0. The van der Waals surface area contributed by atoms with Gasteiger partial charge in [0.25, 0.3) is 0 Å². The maximum absolute atomic E-state index is 13.5. The molecule has 0 spiro atoms. The quantitative estimate of drug-likeness (QED) is 0.902. The molecule has 1 aliphatic rings. The largest absolute Gasteiger partial charge is 0.316 e.